The van der Waals surface area contributed by atoms with Crippen molar-refractivity contribution in [2.24, 2.45) is 11.8 Å². The first kappa shape index (κ1) is 20.6. The summed E-state index contributed by atoms with van der Waals surface area (Å²) < 4.78 is 5.80. The number of para-hydroxylation sites is 1. The number of urea groups is 1. The molecule has 0 aromatic heterocycles. The van der Waals surface area contributed by atoms with Gasteiger partial charge >= 0.3 is 6.03 Å². The van der Waals surface area contributed by atoms with Gasteiger partial charge in [-0.25, -0.2) is 4.79 Å². The molecule has 28 heavy (non-hydrogen) atoms. The van der Waals surface area contributed by atoms with Crippen LogP contribution in [0.15, 0.2) is 24.3 Å². The Morgan fingerprint density at radius 2 is 1.86 bits per heavy atom. The summed E-state index contributed by atoms with van der Waals surface area (Å²) in [6, 6.07) is 7.31. The maximum absolute atomic E-state index is 13.2. The Kier molecular flexibility index (Phi) is 5.98. The molecule has 0 bridgehead atoms. The topological polar surface area (TPSA) is 78.9 Å². The van der Waals surface area contributed by atoms with Crippen LogP contribution in [0, 0.1) is 11.8 Å². The van der Waals surface area contributed by atoms with Gasteiger partial charge in [-0.15, -0.1) is 0 Å². The number of nitrogens with one attached hydrogen (secondary N) is 1. The van der Waals surface area contributed by atoms with Crippen molar-refractivity contribution in [2.45, 2.75) is 64.5 Å². The van der Waals surface area contributed by atoms with Crippen LogP contribution in [0.5, 0.6) is 5.75 Å². The van der Waals surface area contributed by atoms with Gasteiger partial charge in [0.1, 0.15) is 24.0 Å². The summed E-state index contributed by atoms with van der Waals surface area (Å²) in [7, 11) is 0. The molecule has 1 heterocycles. The van der Waals surface area contributed by atoms with Crippen LogP contribution in [0.3, 0.4) is 0 Å². The zero-order chi connectivity index (χ0) is 20.5. The molecule has 3 rings (SSSR count). The Morgan fingerprint density at radius 1 is 1.21 bits per heavy atom. The molecular formula is C22H32N2O4. The Hall–Kier alpha value is -2.08. The monoisotopic (exact) mass is 388 g/mol. The van der Waals surface area contributed by atoms with Crippen molar-refractivity contribution in [3.8, 4) is 5.75 Å². The maximum atomic E-state index is 13.2. The number of amides is 3. The largest absolute Gasteiger partial charge is 0.491 e. The molecule has 2 N–H and O–H groups in total. The summed E-state index contributed by atoms with van der Waals surface area (Å²) in [5, 5.41) is 13.4. The summed E-state index contributed by atoms with van der Waals surface area (Å²) in [6.45, 7) is 8.18. The molecule has 1 aromatic rings. The summed E-state index contributed by atoms with van der Waals surface area (Å²) in [6.07, 6.45) is 1.96. The van der Waals surface area contributed by atoms with Crippen LogP contribution in [0.2, 0.25) is 0 Å². The second-order valence-corrected chi connectivity index (χ2v) is 8.61. The van der Waals surface area contributed by atoms with E-state index in [-0.39, 0.29) is 30.9 Å². The number of aliphatic hydroxyl groups excluding tert-OH is 1. The molecule has 1 saturated carbocycles. The molecule has 3 unspecified atom stereocenters. The van der Waals surface area contributed by atoms with Gasteiger partial charge in [-0.05, 0) is 42.2 Å². The van der Waals surface area contributed by atoms with Crippen LogP contribution in [0.25, 0.3) is 0 Å². The molecule has 3 atom stereocenters. The Bertz CT molecular complexity index is 723. The highest BCUT2D eigenvalue weighted by Crippen LogP contribution is 2.42. The average Bonchev–Trinajstić information content (AvgIpc) is 2.90. The van der Waals surface area contributed by atoms with E-state index in [1.165, 1.54) is 4.90 Å². The number of hydrogen-bond acceptors (Lipinski definition) is 4. The van der Waals surface area contributed by atoms with E-state index in [0.717, 1.165) is 30.6 Å². The Balaban J connectivity index is 1.65. The first-order valence-electron chi connectivity index (χ1n) is 10.3. The lowest BCUT2D eigenvalue weighted by atomic mass is 9.67. The van der Waals surface area contributed by atoms with Crippen molar-refractivity contribution < 1.29 is 19.4 Å². The number of nitrogens with zero attached hydrogens (tertiary/aromatic N) is 1. The van der Waals surface area contributed by atoms with Crippen LogP contribution in [-0.4, -0.2) is 46.7 Å². The molecule has 6 nitrogen and oxygen atoms in total. The highest BCUT2D eigenvalue weighted by atomic mass is 16.5. The van der Waals surface area contributed by atoms with Gasteiger partial charge in [-0.2, -0.15) is 0 Å². The lowest BCUT2D eigenvalue weighted by Gasteiger charge is -2.42. The molecule has 1 saturated heterocycles. The van der Waals surface area contributed by atoms with E-state index in [4.69, 9.17) is 4.74 Å². The Labute approximate surface area is 167 Å². The van der Waals surface area contributed by atoms with E-state index in [1.54, 1.807) is 0 Å². The van der Waals surface area contributed by atoms with Gasteiger partial charge in [0.05, 0.1) is 6.54 Å². The van der Waals surface area contributed by atoms with Crippen molar-refractivity contribution in [2.75, 3.05) is 13.2 Å². The molecule has 1 aromatic carbocycles. The molecule has 1 spiro atoms. The van der Waals surface area contributed by atoms with E-state index in [2.05, 4.69) is 19.2 Å². The third-order valence-electron chi connectivity index (χ3n) is 6.35. The highest BCUT2D eigenvalue weighted by Gasteiger charge is 2.58. The summed E-state index contributed by atoms with van der Waals surface area (Å²) in [5.74, 6) is 0.986. The van der Waals surface area contributed by atoms with Crippen LogP contribution in [-0.2, 0) is 4.79 Å². The van der Waals surface area contributed by atoms with Crippen molar-refractivity contribution in [3.63, 3.8) is 0 Å². The lowest BCUT2D eigenvalue weighted by Crippen LogP contribution is -2.59. The van der Waals surface area contributed by atoms with Gasteiger partial charge in [-0.1, -0.05) is 52.3 Å². The molecule has 3 amide bonds. The SMILES string of the molecule is CC(C)c1ccccc1OCC(O)CN1C(=O)NC2(C1=O)C(C)CCCC2C. The van der Waals surface area contributed by atoms with E-state index in [9.17, 15) is 14.7 Å². The molecule has 2 fully saturated rings. The minimum absolute atomic E-state index is 0.0267. The third-order valence-corrected chi connectivity index (χ3v) is 6.35. The molecule has 2 aliphatic rings. The zero-order valence-electron chi connectivity index (χ0n) is 17.3. The summed E-state index contributed by atoms with van der Waals surface area (Å²) in [5.41, 5.74) is 0.230. The van der Waals surface area contributed by atoms with Crippen molar-refractivity contribution in [1.82, 2.24) is 10.2 Å². The number of β-amino-alcohol motifs (C(OH)–C–C–N with tert-alkyl or cyclic N) is 1. The van der Waals surface area contributed by atoms with E-state index >= 15 is 0 Å². The number of rotatable bonds is 6. The number of aliphatic hydroxyl groups is 1. The van der Waals surface area contributed by atoms with E-state index in [0.29, 0.717) is 5.92 Å². The molecular weight excluding hydrogens is 356 g/mol. The van der Waals surface area contributed by atoms with Gasteiger partial charge in [0.15, 0.2) is 0 Å². The fourth-order valence-electron chi connectivity index (χ4n) is 4.66. The zero-order valence-corrected chi connectivity index (χ0v) is 17.3. The molecule has 154 valence electrons. The second kappa shape index (κ2) is 8.11. The van der Waals surface area contributed by atoms with Crippen LogP contribution in [0.4, 0.5) is 4.79 Å². The van der Waals surface area contributed by atoms with Crippen LogP contribution >= 0.6 is 0 Å². The predicted molar refractivity (Wildman–Crippen MR) is 107 cm³/mol. The standard InChI is InChI=1S/C22H32N2O4/c1-14(2)18-10-5-6-11-19(18)28-13-17(25)12-24-20(26)22(23-21(24)27)15(3)8-7-9-16(22)4/h5-6,10-11,14-17,25H,7-9,12-13H2,1-4H3,(H,23,27). The second-order valence-electron chi connectivity index (χ2n) is 8.61. The number of carbonyl (C=O) groups is 2. The van der Waals surface area contributed by atoms with Gasteiger partial charge < -0.3 is 15.2 Å². The smallest absolute Gasteiger partial charge is 0.325 e. The number of benzene rings is 1. The quantitative estimate of drug-likeness (QED) is 0.733. The third kappa shape index (κ3) is 3.62. The fourth-order valence-corrected chi connectivity index (χ4v) is 4.66. The van der Waals surface area contributed by atoms with Gasteiger partial charge in [-0.3, -0.25) is 9.69 Å². The molecule has 0 radical (unpaired) electrons. The van der Waals surface area contributed by atoms with E-state index in [1.807, 2.05) is 38.1 Å². The average molecular weight is 389 g/mol. The van der Waals surface area contributed by atoms with E-state index < -0.39 is 17.7 Å². The lowest BCUT2D eigenvalue weighted by molar-refractivity contribution is -0.137. The number of ether oxygens (including phenoxy) is 1. The minimum atomic E-state index is -0.945. The molecule has 6 heteroatoms. The van der Waals surface area contributed by atoms with Crippen molar-refractivity contribution >= 4 is 11.9 Å². The number of hydrogen-bond donors (Lipinski definition) is 2. The van der Waals surface area contributed by atoms with Crippen molar-refractivity contribution in [3.05, 3.63) is 29.8 Å². The summed E-state index contributed by atoms with van der Waals surface area (Å²) in [4.78, 5) is 26.9. The van der Waals surface area contributed by atoms with Crippen LogP contribution in [0.1, 0.15) is 58.4 Å². The van der Waals surface area contributed by atoms with Crippen molar-refractivity contribution in [1.29, 1.82) is 0 Å². The number of imide groups is 1. The fraction of sp³-hybridized carbons (Fsp3) is 0.636. The minimum Gasteiger partial charge on any atom is -0.491 e. The predicted octanol–water partition coefficient (Wildman–Crippen LogP) is 3.30. The Morgan fingerprint density at radius 3 is 2.50 bits per heavy atom. The van der Waals surface area contributed by atoms with Gasteiger partial charge in [0.25, 0.3) is 5.91 Å². The normalized spacial score (nSPS) is 28.7. The first-order chi connectivity index (χ1) is 13.3. The van der Waals surface area contributed by atoms with Gasteiger partial charge in [0.2, 0.25) is 0 Å². The first-order valence-corrected chi connectivity index (χ1v) is 10.3. The summed E-state index contributed by atoms with van der Waals surface area (Å²) >= 11 is 0. The maximum Gasteiger partial charge on any atom is 0.325 e. The molecule has 1 aliphatic carbocycles. The molecule has 1 aliphatic heterocycles. The highest BCUT2D eigenvalue weighted by molar-refractivity contribution is 6.07. The van der Waals surface area contributed by atoms with Crippen LogP contribution < -0.4 is 10.1 Å². The van der Waals surface area contributed by atoms with Gasteiger partial charge in [0, 0.05) is 0 Å². The number of carbonyl (C=O) groups excluding carboxylic acids is 2.